The summed E-state index contributed by atoms with van der Waals surface area (Å²) >= 11 is 6.14. The van der Waals surface area contributed by atoms with Crippen molar-refractivity contribution in [3.05, 3.63) is 95.3 Å². The lowest BCUT2D eigenvalue weighted by atomic mass is 10.1. The van der Waals surface area contributed by atoms with E-state index in [1.165, 1.54) is 0 Å². The van der Waals surface area contributed by atoms with Gasteiger partial charge in [-0.2, -0.15) is 0 Å². The zero-order chi connectivity index (χ0) is 19.3. The Balaban J connectivity index is 1.59. The number of rotatable bonds is 5. The first-order chi connectivity index (χ1) is 13.7. The fourth-order valence-electron chi connectivity index (χ4n) is 3.08. The number of carbonyl (C=O) groups excluding carboxylic acids is 1. The van der Waals surface area contributed by atoms with Crippen LogP contribution in [0.1, 0.15) is 17.4 Å². The number of imidazole rings is 1. The molecule has 0 aliphatic rings. The Kier molecular flexibility index (Phi) is 5.26. The molecular weight excluding hydrogens is 372 g/mol. The highest BCUT2D eigenvalue weighted by molar-refractivity contribution is 6.33. The van der Waals surface area contributed by atoms with Crippen molar-refractivity contribution >= 4 is 34.4 Å². The van der Waals surface area contributed by atoms with E-state index in [0.29, 0.717) is 23.0 Å². The largest absolute Gasteiger partial charge is 0.340 e. The molecule has 140 valence electrons. The standard InChI is InChI=1S/C22H19ClN4O/c23-16-10-4-5-11-17(16)26-22(28)27-20(14-15-8-2-1-3-9-15)21-24-18-12-6-7-13-19(18)25-21/h1-13,20H,14H2,(H,24,25)(H2,26,27,28). The predicted molar refractivity (Wildman–Crippen MR) is 113 cm³/mol. The Morgan fingerprint density at radius 1 is 0.964 bits per heavy atom. The molecule has 1 unspecified atom stereocenters. The third kappa shape index (κ3) is 4.15. The average Bonchev–Trinajstić information content (AvgIpc) is 3.14. The van der Waals surface area contributed by atoms with Crippen LogP contribution in [-0.2, 0) is 6.42 Å². The van der Waals surface area contributed by atoms with E-state index < -0.39 is 0 Å². The monoisotopic (exact) mass is 390 g/mol. The van der Waals surface area contributed by atoms with Crippen molar-refractivity contribution in [2.45, 2.75) is 12.5 Å². The van der Waals surface area contributed by atoms with Gasteiger partial charge in [0.2, 0.25) is 0 Å². The Bertz CT molecular complexity index is 1060. The number of halogens is 1. The highest BCUT2D eigenvalue weighted by atomic mass is 35.5. The highest BCUT2D eigenvalue weighted by Crippen LogP contribution is 2.22. The lowest BCUT2D eigenvalue weighted by molar-refractivity contribution is 0.248. The predicted octanol–water partition coefficient (Wildman–Crippen LogP) is 5.32. The maximum absolute atomic E-state index is 12.6. The SMILES string of the molecule is O=C(Nc1ccccc1Cl)NC(Cc1ccccc1)c1nc2ccccc2[nH]1. The van der Waals surface area contributed by atoms with Crippen LogP contribution in [0.15, 0.2) is 78.9 Å². The van der Waals surface area contributed by atoms with Crippen molar-refractivity contribution in [1.82, 2.24) is 15.3 Å². The van der Waals surface area contributed by atoms with Crippen LogP contribution in [0.5, 0.6) is 0 Å². The summed E-state index contributed by atoms with van der Waals surface area (Å²) in [6.45, 7) is 0. The molecule has 2 amide bonds. The molecule has 28 heavy (non-hydrogen) atoms. The Morgan fingerprint density at radius 3 is 2.46 bits per heavy atom. The van der Waals surface area contributed by atoms with Gasteiger partial charge in [0, 0.05) is 0 Å². The minimum atomic E-state index is -0.338. The topological polar surface area (TPSA) is 69.8 Å². The summed E-state index contributed by atoms with van der Waals surface area (Å²) in [7, 11) is 0. The number of carbonyl (C=O) groups is 1. The first-order valence-electron chi connectivity index (χ1n) is 8.99. The van der Waals surface area contributed by atoms with Crippen LogP contribution >= 0.6 is 11.6 Å². The number of fused-ring (bicyclic) bond motifs is 1. The molecule has 1 heterocycles. The number of aromatic nitrogens is 2. The molecule has 0 aliphatic heterocycles. The van der Waals surface area contributed by atoms with Crippen LogP contribution in [0.25, 0.3) is 11.0 Å². The maximum atomic E-state index is 12.6. The number of aromatic amines is 1. The minimum Gasteiger partial charge on any atom is -0.340 e. The molecule has 1 aromatic heterocycles. The fourth-order valence-corrected chi connectivity index (χ4v) is 3.27. The second-order valence-corrected chi connectivity index (χ2v) is 6.87. The molecule has 4 rings (SSSR count). The van der Waals surface area contributed by atoms with Gasteiger partial charge in [-0.05, 0) is 36.2 Å². The van der Waals surface area contributed by atoms with Gasteiger partial charge in [-0.3, -0.25) is 0 Å². The van der Waals surface area contributed by atoms with Crippen molar-refractivity contribution < 1.29 is 4.79 Å². The van der Waals surface area contributed by atoms with Gasteiger partial charge in [0.1, 0.15) is 5.82 Å². The molecule has 0 bridgehead atoms. The highest BCUT2D eigenvalue weighted by Gasteiger charge is 2.19. The second-order valence-electron chi connectivity index (χ2n) is 6.46. The summed E-state index contributed by atoms with van der Waals surface area (Å²) in [6, 6.07) is 24.3. The lowest BCUT2D eigenvalue weighted by Gasteiger charge is -2.18. The summed E-state index contributed by atoms with van der Waals surface area (Å²) in [5.41, 5.74) is 3.46. The number of hydrogen-bond acceptors (Lipinski definition) is 2. The van der Waals surface area contributed by atoms with Crippen LogP contribution in [0, 0.1) is 0 Å². The number of hydrogen-bond donors (Lipinski definition) is 3. The summed E-state index contributed by atoms with van der Waals surface area (Å²) < 4.78 is 0. The molecule has 0 saturated carbocycles. The van der Waals surface area contributed by atoms with Crippen molar-refractivity contribution in [1.29, 1.82) is 0 Å². The molecule has 3 N–H and O–H groups in total. The third-order valence-electron chi connectivity index (χ3n) is 4.45. The molecule has 0 fully saturated rings. The molecule has 0 spiro atoms. The minimum absolute atomic E-state index is 0.322. The number of anilines is 1. The molecule has 6 heteroatoms. The van der Waals surface area contributed by atoms with Crippen molar-refractivity contribution in [3.63, 3.8) is 0 Å². The van der Waals surface area contributed by atoms with E-state index in [9.17, 15) is 4.79 Å². The zero-order valence-corrected chi connectivity index (χ0v) is 15.8. The number of urea groups is 1. The Morgan fingerprint density at radius 2 is 1.68 bits per heavy atom. The number of benzene rings is 3. The molecular formula is C22H19ClN4O. The number of H-pyrrole nitrogens is 1. The number of nitrogens with zero attached hydrogens (tertiary/aromatic N) is 1. The molecule has 4 aromatic rings. The van der Waals surface area contributed by atoms with Gasteiger partial charge in [0.25, 0.3) is 0 Å². The van der Waals surface area contributed by atoms with Gasteiger partial charge in [-0.15, -0.1) is 0 Å². The van der Waals surface area contributed by atoms with Gasteiger partial charge in [-0.1, -0.05) is 66.2 Å². The van der Waals surface area contributed by atoms with Crippen molar-refractivity contribution in [2.75, 3.05) is 5.32 Å². The zero-order valence-electron chi connectivity index (χ0n) is 15.0. The van der Waals surface area contributed by atoms with Crippen LogP contribution in [0.4, 0.5) is 10.5 Å². The van der Waals surface area contributed by atoms with Crippen LogP contribution in [0.3, 0.4) is 0 Å². The number of nitrogens with one attached hydrogen (secondary N) is 3. The van der Waals surface area contributed by atoms with Crippen LogP contribution < -0.4 is 10.6 Å². The van der Waals surface area contributed by atoms with Gasteiger partial charge in [0.15, 0.2) is 0 Å². The van der Waals surface area contributed by atoms with Gasteiger partial charge in [-0.25, -0.2) is 9.78 Å². The van der Waals surface area contributed by atoms with E-state index in [1.807, 2.05) is 66.7 Å². The molecule has 0 radical (unpaired) electrons. The lowest BCUT2D eigenvalue weighted by Crippen LogP contribution is -2.34. The van der Waals surface area contributed by atoms with E-state index in [4.69, 9.17) is 11.6 Å². The second kappa shape index (κ2) is 8.15. The molecule has 0 saturated heterocycles. The first kappa shape index (κ1) is 18.1. The van der Waals surface area contributed by atoms with E-state index in [2.05, 4.69) is 20.6 Å². The number of amides is 2. The van der Waals surface area contributed by atoms with E-state index in [0.717, 1.165) is 16.6 Å². The smallest absolute Gasteiger partial charge is 0.319 e. The van der Waals surface area contributed by atoms with Gasteiger partial charge >= 0.3 is 6.03 Å². The van der Waals surface area contributed by atoms with Gasteiger partial charge in [0.05, 0.1) is 27.8 Å². The van der Waals surface area contributed by atoms with E-state index >= 15 is 0 Å². The third-order valence-corrected chi connectivity index (χ3v) is 4.78. The summed E-state index contributed by atoms with van der Waals surface area (Å²) in [5, 5.41) is 6.31. The summed E-state index contributed by atoms with van der Waals surface area (Å²) in [6.07, 6.45) is 0.608. The molecule has 3 aromatic carbocycles. The fraction of sp³-hybridized carbons (Fsp3) is 0.0909. The van der Waals surface area contributed by atoms with Crippen molar-refractivity contribution in [2.24, 2.45) is 0 Å². The Labute approximate surface area is 167 Å². The summed E-state index contributed by atoms with van der Waals surface area (Å²) in [5.74, 6) is 0.708. The van der Waals surface area contributed by atoms with Gasteiger partial charge < -0.3 is 15.6 Å². The van der Waals surface area contributed by atoms with Crippen LogP contribution in [-0.4, -0.2) is 16.0 Å². The van der Waals surface area contributed by atoms with Crippen molar-refractivity contribution in [3.8, 4) is 0 Å². The summed E-state index contributed by atoms with van der Waals surface area (Å²) in [4.78, 5) is 20.6. The normalized spacial score (nSPS) is 11.9. The maximum Gasteiger partial charge on any atom is 0.319 e. The van der Waals surface area contributed by atoms with E-state index in [1.54, 1.807) is 12.1 Å². The molecule has 5 nitrogen and oxygen atoms in total. The average molecular weight is 391 g/mol. The molecule has 1 atom stereocenters. The van der Waals surface area contributed by atoms with E-state index in [-0.39, 0.29) is 12.1 Å². The molecule has 0 aliphatic carbocycles. The quantitative estimate of drug-likeness (QED) is 0.431. The first-order valence-corrected chi connectivity index (χ1v) is 9.37. The number of para-hydroxylation sites is 3. The van der Waals surface area contributed by atoms with Crippen LogP contribution in [0.2, 0.25) is 5.02 Å². The Hall–Kier alpha value is -3.31.